The number of ketones is 1. The van der Waals surface area contributed by atoms with E-state index in [4.69, 9.17) is 11.6 Å². The van der Waals surface area contributed by atoms with E-state index in [-0.39, 0.29) is 18.6 Å². The van der Waals surface area contributed by atoms with Gasteiger partial charge in [-0.05, 0) is 53.1 Å². The third-order valence-corrected chi connectivity index (χ3v) is 4.55. The van der Waals surface area contributed by atoms with Crippen molar-refractivity contribution in [2.45, 2.75) is 12.8 Å². The first-order valence-corrected chi connectivity index (χ1v) is 8.66. The van der Waals surface area contributed by atoms with Crippen LogP contribution in [0.4, 0.5) is 14.5 Å². The average molecular weight is 383 g/mol. The molecular formula is C21H13ClF2N2O. The number of pyridine rings is 1. The molecule has 0 fully saturated rings. The highest BCUT2D eigenvalue weighted by atomic mass is 35.5. The molecule has 0 unspecified atom stereocenters. The van der Waals surface area contributed by atoms with Gasteiger partial charge >= 0.3 is 0 Å². The Balaban J connectivity index is 1.79. The van der Waals surface area contributed by atoms with Crippen LogP contribution in [0.15, 0.2) is 59.7 Å². The summed E-state index contributed by atoms with van der Waals surface area (Å²) in [5.41, 5.74) is 3.78. The number of nitrogens with zero attached hydrogens (tertiary/aromatic N) is 2. The monoisotopic (exact) mass is 382 g/mol. The molecule has 134 valence electrons. The number of carbonyl (C=O) groups is 1. The van der Waals surface area contributed by atoms with E-state index in [2.05, 4.69) is 9.98 Å². The van der Waals surface area contributed by atoms with Crippen molar-refractivity contribution in [1.29, 1.82) is 0 Å². The molecule has 2 aromatic carbocycles. The summed E-state index contributed by atoms with van der Waals surface area (Å²) in [5.74, 6) is -1.29. The van der Waals surface area contributed by atoms with E-state index in [9.17, 15) is 13.6 Å². The average Bonchev–Trinajstić information content (AvgIpc) is 2.78. The van der Waals surface area contributed by atoms with Gasteiger partial charge in [-0.15, -0.1) is 0 Å². The van der Waals surface area contributed by atoms with Gasteiger partial charge in [0.25, 0.3) is 0 Å². The number of Topliss-reactive ketones (excluding diaryl/α,β-unsaturated/α-hetero) is 1. The number of halogens is 3. The highest BCUT2D eigenvalue weighted by molar-refractivity contribution is 6.30. The number of benzene rings is 2. The predicted octanol–water partition coefficient (Wildman–Crippen LogP) is 5.32. The first-order chi connectivity index (χ1) is 13.0. The summed E-state index contributed by atoms with van der Waals surface area (Å²) in [5, 5.41) is 0.329. The maximum Gasteiger partial charge on any atom is 0.143 e. The molecule has 0 atom stereocenters. The van der Waals surface area contributed by atoms with E-state index in [1.54, 1.807) is 36.5 Å². The van der Waals surface area contributed by atoms with E-state index in [1.807, 2.05) is 0 Å². The molecule has 1 aromatic heterocycles. The number of carbonyl (C=O) groups excluding carboxylic acids is 1. The molecule has 6 heteroatoms. The topological polar surface area (TPSA) is 42.3 Å². The zero-order chi connectivity index (χ0) is 19.0. The Labute approximate surface area is 159 Å². The molecule has 4 rings (SSSR count). The molecule has 0 aliphatic carbocycles. The molecule has 0 radical (unpaired) electrons. The van der Waals surface area contributed by atoms with Gasteiger partial charge in [-0.1, -0.05) is 17.7 Å². The van der Waals surface area contributed by atoms with Crippen molar-refractivity contribution >= 4 is 28.8 Å². The third-order valence-electron chi connectivity index (χ3n) is 4.34. The number of rotatable bonds is 2. The second-order valence-corrected chi connectivity index (χ2v) is 6.71. The number of fused-ring (bicyclic) bond motifs is 1. The number of aromatic nitrogens is 1. The van der Waals surface area contributed by atoms with Gasteiger partial charge in [0.1, 0.15) is 22.6 Å². The largest absolute Gasteiger partial charge is 0.299 e. The minimum atomic E-state index is -0.647. The molecule has 2 heterocycles. The molecule has 27 heavy (non-hydrogen) atoms. The van der Waals surface area contributed by atoms with Crippen molar-refractivity contribution in [3.8, 4) is 11.1 Å². The summed E-state index contributed by atoms with van der Waals surface area (Å²) in [4.78, 5) is 21.0. The molecule has 0 saturated heterocycles. The van der Waals surface area contributed by atoms with Gasteiger partial charge in [0.05, 0.1) is 11.4 Å². The lowest BCUT2D eigenvalue weighted by Crippen LogP contribution is -2.09. The Morgan fingerprint density at radius 3 is 2.37 bits per heavy atom. The van der Waals surface area contributed by atoms with Gasteiger partial charge in [-0.2, -0.15) is 0 Å². The lowest BCUT2D eigenvalue weighted by Gasteiger charge is -2.08. The Morgan fingerprint density at radius 2 is 1.63 bits per heavy atom. The smallest absolute Gasteiger partial charge is 0.143 e. The first kappa shape index (κ1) is 17.5. The van der Waals surface area contributed by atoms with Gasteiger partial charge in [0, 0.05) is 30.7 Å². The van der Waals surface area contributed by atoms with Crippen LogP contribution in [0.2, 0.25) is 5.15 Å². The number of hydrogen-bond acceptors (Lipinski definition) is 3. The van der Waals surface area contributed by atoms with Crippen molar-refractivity contribution in [2.24, 2.45) is 4.99 Å². The van der Waals surface area contributed by atoms with E-state index < -0.39 is 11.6 Å². The van der Waals surface area contributed by atoms with Gasteiger partial charge in [0.2, 0.25) is 0 Å². The van der Waals surface area contributed by atoms with Crippen LogP contribution >= 0.6 is 11.6 Å². The second kappa shape index (κ2) is 7.00. The molecule has 1 aliphatic rings. The van der Waals surface area contributed by atoms with Crippen molar-refractivity contribution < 1.29 is 13.6 Å². The maximum absolute atomic E-state index is 13.5. The SMILES string of the molecule is O=C1CC(c2ccnc(Cl)c2)=Nc2ccc(-c3cc(F)cc(F)c3)cc2C1. The maximum atomic E-state index is 13.5. The summed E-state index contributed by atoms with van der Waals surface area (Å²) in [6.45, 7) is 0. The van der Waals surface area contributed by atoms with Gasteiger partial charge in [-0.25, -0.2) is 13.8 Å². The van der Waals surface area contributed by atoms with Crippen molar-refractivity contribution in [3.05, 3.63) is 82.6 Å². The normalized spacial score (nSPS) is 13.7. The van der Waals surface area contributed by atoms with Crippen LogP contribution in [0, 0.1) is 11.6 Å². The summed E-state index contributed by atoms with van der Waals surface area (Å²) < 4.78 is 27.0. The van der Waals surface area contributed by atoms with Gasteiger partial charge in [-0.3, -0.25) is 9.79 Å². The molecule has 0 saturated carbocycles. The molecule has 3 nitrogen and oxygen atoms in total. The highest BCUT2D eigenvalue weighted by Gasteiger charge is 2.19. The zero-order valence-electron chi connectivity index (χ0n) is 14.0. The summed E-state index contributed by atoms with van der Waals surface area (Å²) >= 11 is 5.94. The fourth-order valence-electron chi connectivity index (χ4n) is 3.13. The number of aliphatic imine (C=N–C) groups is 1. The first-order valence-electron chi connectivity index (χ1n) is 8.28. The van der Waals surface area contributed by atoms with Crippen LogP contribution < -0.4 is 0 Å². The molecular weight excluding hydrogens is 370 g/mol. The second-order valence-electron chi connectivity index (χ2n) is 6.32. The fraction of sp³-hybridized carbons (Fsp3) is 0.0952. The third kappa shape index (κ3) is 3.78. The predicted molar refractivity (Wildman–Crippen MR) is 101 cm³/mol. The molecule has 3 aromatic rings. The molecule has 1 aliphatic heterocycles. The summed E-state index contributed by atoms with van der Waals surface area (Å²) in [7, 11) is 0. The fourth-order valence-corrected chi connectivity index (χ4v) is 3.31. The zero-order valence-corrected chi connectivity index (χ0v) is 14.8. The van der Waals surface area contributed by atoms with Crippen molar-refractivity contribution in [2.75, 3.05) is 0 Å². The Morgan fingerprint density at radius 1 is 0.852 bits per heavy atom. The minimum Gasteiger partial charge on any atom is -0.299 e. The summed E-state index contributed by atoms with van der Waals surface area (Å²) in [6, 6.07) is 12.0. The standard InChI is InChI=1S/C21H13ClF2N2O/c22-21-9-13(3-4-25-21)20-11-18(27)8-15-5-12(1-2-19(15)26-20)14-6-16(23)10-17(24)7-14/h1-7,9-10H,8,11H2. The molecule has 0 N–H and O–H groups in total. The van der Waals surface area contributed by atoms with Crippen LogP contribution in [0.25, 0.3) is 11.1 Å². The van der Waals surface area contributed by atoms with E-state index in [0.717, 1.165) is 17.2 Å². The highest BCUT2D eigenvalue weighted by Crippen LogP contribution is 2.31. The van der Waals surface area contributed by atoms with E-state index >= 15 is 0 Å². The van der Waals surface area contributed by atoms with Crippen LogP contribution in [0.3, 0.4) is 0 Å². The Hall–Kier alpha value is -2.92. The molecule has 0 amide bonds. The van der Waals surface area contributed by atoms with Gasteiger partial charge < -0.3 is 0 Å². The lowest BCUT2D eigenvalue weighted by atomic mass is 9.98. The van der Waals surface area contributed by atoms with E-state index in [0.29, 0.717) is 27.7 Å². The minimum absolute atomic E-state index is 0.00278. The van der Waals surface area contributed by atoms with Crippen LogP contribution in [-0.4, -0.2) is 16.5 Å². The van der Waals surface area contributed by atoms with Crippen LogP contribution in [0.5, 0.6) is 0 Å². The van der Waals surface area contributed by atoms with Gasteiger partial charge in [0.15, 0.2) is 0 Å². The number of hydrogen-bond donors (Lipinski definition) is 0. The van der Waals surface area contributed by atoms with Crippen LogP contribution in [0.1, 0.15) is 17.5 Å². The van der Waals surface area contributed by atoms with Crippen LogP contribution in [-0.2, 0) is 11.2 Å². The summed E-state index contributed by atoms with van der Waals surface area (Å²) in [6.07, 6.45) is 1.95. The quantitative estimate of drug-likeness (QED) is 0.563. The molecule has 0 bridgehead atoms. The van der Waals surface area contributed by atoms with Crippen molar-refractivity contribution in [1.82, 2.24) is 4.98 Å². The Bertz CT molecular complexity index is 1080. The Kier molecular flexibility index (Phi) is 4.54. The lowest BCUT2D eigenvalue weighted by molar-refractivity contribution is -0.117. The molecule has 0 spiro atoms. The van der Waals surface area contributed by atoms with E-state index in [1.165, 1.54) is 12.1 Å². The van der Waals surface area contributed by atoms with Crippen molar-refractivity contribution in [3.63, 3.8) is 0 Å².